The van der Waals surface area contributed by atoms with E-state index in [2.05, 4.69) is 23.9 Å². The van der Waals surface area contributed by atoms with Gasteiger partial charge in [0, 0.05) is 40.3 Å². The summed E-state index contributed by atoms with van der Waals surface area (Å²) in [5.41, 5.74) is 3.96. The van der Waals surface area contributed by atoms with E-state index >= 15 is 0 Å². The highest BCUT2D eigenvalue weighted by Gasteiger charge is 2.22. The molecule has 0 atom stereocenters. The SMILES string of the molecule is C/C=C\c1cn(Cc2ccc(C(=O)NS(=O)(=O)c3ccccc3C)cc2OC)c2cc(C(=O)NCC(CC)CC)ccc12. The number of ether oxygens (including phenoxy) is 1. The van der Waals surface area contributed by atoms with Crippen molar-refractivity contribution in [1.29, 1.82) is 0 Å². The van der Waals surface area contributed by atoms with Crippen molar-refractivity contribution in [2.75, 3.05) is 13.7 Å². The van der Waals surface area contributed by atoms with Crippen molar-refractivity contribution in [3.63, 3.8) is 0 Å². The predicted octanol–water partition coefficient (Wildman–Crippen LogP) is 6.32. The van der Waals surface area contributed by atoms with E-state index in [-0.39, 0.29) is 16.4 Å². The molecule has 4 rings (SSSR count). The summed E-state index contributed by atoms with van der Waals surface area (Å²) in [6, 6.07) is 17.1. The molecule has 0 aliphatic carbocycles. The van der Waals surface area contributed by atoms with Gasteiger partial charge in [0.05, 0.1) is 18.6 Å². The van der Waals surface area contributed by atoms with E-state index in [0.717, 1.165) is 34.9 Å². The molecule has 1 aromatic heterocycles. The van der Waals surface area contributed by atoms with Crippen LogP contribution in [0.25, 0.3) is 17.0 Å². The summed E-state index contributed by atoms with van der Waals surface area (Å²) in [6.07, 6.45) is 8.03. The summed E-state index contributed by atoms with van der Waals surface area (Å²) < 4.78 is 35.5. The zero-order valence-corrected chi connectivity index (χ0v) is 26.1. The largest absolute Gasteiger partial charge is 0.496 e. The number of amides is 2. The fourth-order valence-corrected chi connectivity index (χ4v) is 6.34. The average Bonchev–Trinajstić information content (AvgIpc) is 3.33. The number of hydrogen-bond acceptors (Lipinski definition) is 5. The van der Waals surface area contributed by atoms with Crippen LogP contribution in [0.4, 0.5) is 0 Å². The van der Waals surface area contributed by atoms with Gasteiger partial charge < -0.3 is 14.6 Å². The van der Waals surface area contributed by atoms with Gasteiger partial charge in [-0.15, -0.1) is 0 Å². The van der Waals surface area contributed by atoms with E-state index in [9.17, 15) is 18.0 Å². The van der Waals surface area contributed by atoms with Crippen LogP contribution in [0.15, 0.2) is 77.8 Å². The van der Waals surface area contributed by atoms with E-state index in [0.29, 0.717) is 35.9 Å². The van der Waals surface area contributed by atoms with E-state index in [1.165, 1.54) is 19.2 Å². The number of nitrogens with one attached hydrogen (secondary N) is 2. The number of carbonyl (C=O) groups excluding carboxylic acids is 2. The van der Waals surface area contributed by atoms with Crippen LogP contribution < -0.4 is 14.8 Å². The fraction of sp³-hybridized carbons (Fsp3) is 0.294. The van der Waals surface area contributed by atoms with Crippen LogP contribution in [0.3, 0.4) is 0 Å². The van der Waals surface area contributed by atoms with Crippen molar-refractivity contribution < 1.29 is 22.7 Å². The Labute approximate surface area is 253 Å². The molecule has 4 aromatic rings. The molecule has 0 saturated heterocycles. The average molecular weight is 602 g/mol. The molecule has 2 amide bonds. The third-order valence-corrected chi connectivity index (χ3v) is 9.22. The standard InChI is InChI=1S/C34H39N3O5S/c1-6-11-27-21-37(30-18-25(16-17-29(27)30)33(38)35-20-24(7-2)8-3)22-28-15-14-26(19-31(28)42-5)34(39)36-43(40,41)32-13-10-9-12-23(32)4/h6,9-19,21,24H,7-8,20,22H2,1-5H3,(H,35,38)(H,36,39)/b11-6-. The first-order valence-electron chi connectivity index (χ1n) is 14.4. The third kappa shape index (κ3) is 7.17. The Balaban J connectivity index is 1.62. The molecule has 8 nitrogen and oxygen atoms in total. The van der Waals surface area contributed by atoms with Crippen LogP contribution in [-0.2, 0) is 16.6 Å². The summed E-state index contributed by atoms with van der Waals surface area (Å²) in [5, 5.41) is 4.07. The number of allylic oxidation sites excluding steroid dienone is 1. The highest BCUT2D eigenvalue weighted by Crippen LogP contribution is 2.28. The topological polar surface area (TPSA) is 106 Å². The van der Waals surface area contributed by atoms with E-state index in [1.54, 1.807) is 37.3 Å². The molecule has 226 valence electrons. The fourth-order valence-electron chi connectivity index (χ4n) is 5.12. The molecule has 0 bridgehead atoms. The van der Waals surface area contributed by atoms with Gasteiger partial charge in [0.2, 0.25) is 0 Å². The molecule has 0 radical (unpaired) electrons. The maximum atomic E-state index is 13.0. The van der Waals surface area contributed by atoms with Gasteiger partial charge in [-0.05, 0) is 61.2 Å². The molecule has 1 heterocycles. The lowest BCUT2D eigenvalue weighted by Gasteiger charge is -2.14. The maximum Gasteiger partial charge on any atom is 0.265 e. The second kappa shape index (κ2) is 13.7. The number of methoxy groups -OCH3 is 1. The molecule has 0 saturated carbocycles. The lowest BCUT2D eigenvalue weighted by Crippen LogP contribution is -2.31. The summed E-state index contributed by atoms with van der Waals surface area (Å²) >= 11 is 0. The van der Waals surface area contributed by atoms with Crippen LogP contribution in [0.1, 0.15) is 71.0 Å². The van der Waals surface area contributed by atoms with Gasteiger partial charge in [-0.2, -0.15) is 0 Å². The molecule has 2 N–H and O–H groups in total. The Morgan fingerprint density at radius 3 is 2.35 bits per heavy atom. The monoisotopic (exact) mass is 601 g/mol. The van der Waals surface area contributed by atoms with Crippen LogP contribution in [-0.4, -0.2) is 38.5 Å². The van der Waals surface area contributed by atoms with Gasteiger partial charge in [0.15, 0.2) is 0 Å². The van der Waals surface area contributed by atoms with Gasteiger partial charge >= 0.3 is 0 Å². The van der Waals surface area contributed by atoms with Gasteiger partial charge in [0.1, 0.15) is 5.75 Å². The summed E-state index contributed by atoms with van der Waals surface area (Å²) in [4.78, 5) is 26.0. The second-order valence-electron chi connectivity index (χ2n) is 10.6. The zero-order chi connectivity index (χ0) is 31.1. The molecule has 9 heteroatoms. The van der Waals surface area contributed by atoms with Crippen molar-refractivity contribution >= 4 is 38.8 Å². The number of nitrogens with zero attached hydrogens (tertiary/aromatic N) is 1. The maximum absolute atomic E-state index is 13.0. The Morgan fingerprint density at radius 1 is 0.977 bits per heavy atom. The number of aryl methyl sites for hydroxylation is 1. The highest BCUT2D eigenvalue weighted by atomic mass is 32.2. The summed E-state index contributed by atoms with van der Waals surface area (Å²) in [6.45, 7) is 8.92. The van der Waals surface area contributed by atoms with Crippen LogP contribution >= 0.6 is 0 Å². The molecular formula is C34H39N3O5S. The van der Waals surface area contributed by atoms with Gasteiger partial charge in [0.25, 0.3) is 21.8 Å². The Hall–Kier alpha value is -4.37. The van der Waals surface area contributed by atoms with Crippen molar-refractivity contribution in [1.82, 2.24) is 14.6 Å². The minimum absolute atomic E-state index is 0.0481. The number of hydrogen-bond donors (Lipinski definition) is 2. The van der Waals surface area contributed by atoms with Gasteiger partial charge in [-0.3, -0.25) is 9.59 Å². The van der Waals surface area contributed by atoms with Gasteiger partial charge in [-0.1, -0.05) is 69.2 Å². The molecule has 0 fully saturated rings. The summed E-state index contributed by atoms with van der Waals surface area (Å²) in [7, 11) is -2.54. The number of benzene rings is 3. The molecular weight excluding hydrogens is 562 g/mol. The van der Waals surface area contributed by atoms with E-state index in [4.69, 9.17) is 4.74 Å². The third-order valence-electron chi connectivity index (χ3n) is 7.73. The molecule has 3 aromatic carbocycles. The Kier molecular flexibility index (Phi) is 10.1. The molecule has 0 aliphatic heterocycles. The lowest BCUT2D eigenvalue weighted by molar-refractivity contribution is 0.0944. The number of aromatic nitrogens is 1. The smallest absolute Gasteiger partial charge is 0.265 e. The normalized spacial score (nSPS) is 11.8. The number of sulfonamides is 1. The number of carbonyl (C=O) groups is 2. The number of rotatable bonds is 12. The van der Waals surface area contributed by atoms with Crippen LogP contribution in [0.5, 0.6) is 5.75 Å². The van der Waals surface area contributed by atoms with Crippen molar-refractivity contribution in [2.24, 2.45) is 5.92 Å². The van der Waals surface area contributed by atoms with Crippen molar-refractivity contribution in [2.45, 2.75) is 52.0 Å². The predicted molar refractivity (Wildman–Crippen MR) is 171 cm³/mol. The molecule has 0 aliphatic rings. The molecule has 0 unspecified atom stereocenters. The molecule has 43 heavy (non-hydrogen) atoms. The van der Waals surface area contributed by atoms with Crippen molar-refractivity contribution in [3.05, 3.63) is 101 Å². The van der Waals surface area contributed by atoms with E-state index < -0.39 is 15.9 Å². The van der Waals surface area contributed by atoms with Crippen LogP contribution in [0.2, 0.25) is 0 Å². The minimum atomic E-state index is -4.05. The quantitative estimate of drug-likeness (QED) is 0.198. The van der Waals surface area contributed by atoms with Gasteiger partial charge in [-0.25, -0.2) is 13.1 Å². The zero-order valence-electron chi connectivity index (χ0n) is 25.3. The number of fused-ring (bicyclic) bond motifs is 1. The Bertz CT molecular complexity index is 1770. The second-order valence-corrected chi connectivity index (χ2v) is 12.2. The first-order chi connectivity index (χ1) is 20.6. The summed E-state index contributed by atoms with van der Waals surface area (Å²) in [5.74, 6) is 0.0222. The first-order valence-corrected chi connectivity index (χ1v) is 15.9. The minimum Gasteiger partial charge on any atom is -0.496 e. The highest BCUT2D eigenvalue weighted by molar-refractivity contribution is 7.90. The van der Waals surface area contributed by atoms with E-state index in [1.807, 2.05) is 48.0 Å². The first kappa shape index (κ1) is 31.6. The van der Waals surface area contributed by atoms with Crippen LogP contribution in [0, 0.1) is 12.8 Å². The molecule has 0 spiro atoms. The Morgan fingerprint density at radius 2 is 1.67 bits per heavy atom. The lowest BCUT2D eigenvalue weighted by atomic mass is 10.0. The van der Waals surface area contributed by atoms with Crippen molar-refractivity contribution in [3.8, 4) is 5.75 Å².